The minimum atomic E-state index is -0.514. The zero-order chi connectivity index (χ0) is 21.4. The third-order valence-corrected chi connectivity index (χ3v) is 5.68. The molecule has 2 N–H and O–H groups in total. The van der Waals surface area contributed by atoms with Crippen molar-refractivity contribution in [2.75, 3.05) is 30.0 Å². The fourth-order valence-corrected chi connectivity index (χ4v) is 3.85. The molecular weight excluding hydrogens is 398 g/mol. The van der Waals surface area contributed by atoms with E-state index in [2.05, 4.69) is 10.6 Å². The van der Waals surface area contributed by atoms with Crippen molar-refractivity contribution in [3.05, 3.63) is 48.0 Å². The highest BCUT2D eigenvalue weighted by Crippen LogP contribution is 2.36. The number of nitrogens with zero attached hydrogens (tertiary/aromatic N) is 1. The van der Waals surface area contributed by atoms with Gasteiger partial charge < -0.3 is 25.0 Å². The topological polar surface area (TPSA) is 97.0 Å². The van der Waals surface area contributed by atoms with Gasteiger partial charge in [0.2, 0.25) is 11.8 Å². The molecule has 2 aliphatic heterocycles. The molecule has 2 heterocycles. The number of nitrogens with one attached hydrogen (secondary N) is 2. The molecule has 8 heteroatoms. The molecule has 2 fully saturated rings. The number of hydrogen-bond donors (Lipinski definition) is 2. The Morgan fingerprint density at radius 1 is 1.00 bits per heavy atom. The van der Waals surface area contributed by atoms with Crippen molar-refractivity contribution in [2.24, 2.45) is 5.92 Å². The van der Waals surface area contributed by atoms with E-state index in [0.717, 1.165) is 12.8 Å². The van der Waals surface area contributed by atoms with E-state index in [1.807, 2.05) is 0 Å². The summed E-state index contributed by atoms with van der Waals surface area (Å²) in [5.41, 5.74) is 1.56. The quantitative estimate of drug-likeness (QED) is 0.773. The summed E-state index contributed by atoms with van der Waals surface area (Å²) >= 11 is 0. The lowest BCUT2D eigenvalue weighted by molar-refractivity contribution is -0.122. The highest BCUT2D eigenvalue weighted by Gasteiger charge is 2.36. The molecule has 0 bridgehead atoms. The number of anilines is 2. The largest absolute Gasteiger partial charge is 0.486 e. The molecule has 0 aromatic heterocycles. The monoisotopic (exact) mass is 421 g/mol. The third-order valence-electron chi connectivity index (χ3n) is 5.68. The molecule has 1 atom stereocenters. The number of carbonyl (C=O) groups excluding carboxylic acids is 3. The standard InChI is InChI=1S/C23H23N3O5/c27-21-11-14(13-26(21)16-7-8-19-20(12-16)31-10-9-30-19)22(28)25-18-4-2-1-3-17(18)23(29)24-15-5-6-15/h1-4,7-8,12,14-15H,5-6,9-11,13H2,(H,24,29)(H,25,28)/t14-/m0/s1. The van der Waals surface area contributed by atoms with Crippen molar-refractivity contribution in [3.63, 3.8) is 0 Å². The summed E-state index contributed by atoms with van der Waals surface area (Å²) < 4.78 is 11.1. The van der Waals surface area contributed by atoms with Crippen LogP contribution in [0.15, 0.2) is 42.5 Å². The lowest BCUT2D eigenvalue weighted by atomic mass is 10.1. The first kappa shape index (κ1) is 19.4. The Balaban J connectivity index is 1.28. The van der Waals surface area contributed by atoms with Gasteiger partial charge in [-0.15, -0.1) is 0 Å². The SMILES string of the molecule is O=C(NC1CC1)c1ccccc1NC(=O)[C@H]1CC(=O)N(c2ccc3c(c2)OCCO3)C1. The first-order valence-corrected chi connectivity index (χ1v) is 10.5. The van der Waals surface area contributed by atoms with E-state index >= 15 is 0 Å². The van der Waals surface area contributed by atoms with Crippen LogP contribution in [0, 0.1) is 5.92 Å². The predicted molar refractivity (Wildman–Crippen MR) is 113 cm³/mol. The van der Waals surface area contributed by atoms with E-state index in [0.29, 0.717) is 41.7 Å². The van der Waals surface area contributed by atoms with Crippen LogP contribution in [0.4, 0.5) is 11.4 Å². The zero-order valence-electron chi connectivity index (χ0n) is 16.9. The Morgan fingerprint density at radius 3 is 2.58 bits per heavy atom. The number of fused-ring (bicyclic) bond motifs is 1. The van der Waals surface area contributed by atoms with Gasteiger partial charge in [-0.05, 0) is 37.1 Å². The van der Waals surface area contributed by atoms with Gasteiger partial charge in [0.25, 0.3) is 5.91 Å². The fourth-order valence-electron chi connectivity index (χ4n) is 3.85. The molecule has 2 aromatic carbocycles. The molecule has 5 rings (SSSR count). The smallest absolute Gasteiger partial charge is 0.253 e. The maximum absolute atomic E-state index is 12.9. The van der Waals surface area contributed by atoms with Gasteiger partial charge in [0.05, 0.1) is 17.2 Å². The van der Waals surface area contributed by atoms with Gasteiger partial charge in [0.15, 0.2) is 11.5 Å². The molecule has 31 heavy (non-hydrogen) atoms. The van der Waals surface area contributed by atoms with Crippen LogP contribution in [0.3, 0.4) is 0 Å². The van der Waals surface area contributed by atoms with Crippen LogP contribution >= 0.6 is 0 Å². The number of rotatable bonds is 5. The van der Waals surface area contributed by atoms with Crippen molar-refractivity contribution >= 4 is 29.1 Å². The van der Waals surface area contributed by atoms with Crippen molar-refractivity contribution in [2.45, 2.75) is 25.3 Å². The summed E-state index contributed by atoms with van der Waals surface area (Å²) in [6, 6.07) is 12.5. The summed E-state index contributed by atoms with van der Waals surface area (Å²) in [7, 11) is 0. The number of carbonyl (C=O) groups is 3. The highest BCUT2D eigenvalue weighted by molar-refractivity contribution is 6.07. The Kier molecular flexibility index (Phi) is 4.97. The number of amides is 3. The highest BCUT2D eigenvalue weighted by atomic mass is 16.6. The van der Waals surface area contributed by atoms with Gasteiger partial charge in [-0.3, -0.25) is 14.4 Å². The molecular formula is C23H23N3O5. The normalized spacial score (nSPS) is 19.8. The van der Waals surface area contributed by atoms with Gasteiger partial charge in [0.1, 0.15) is 13.2 Å². The molecule has 3 amide bonds. The molecule has 3 aliphatic rings. The summed E-state index contributed by atoms with van der Waals surface area (Å²) in [6.45, 7) is 1.22. The molecule has 160 valence electrons. The average Bonchev–Trinajstić information content (AvgIpc) is 3.51. The third kappa shape index (κ3) is 4.05. The number of ether oxygens (including phenoxy) is 2. The van der Waals surface area contributed by atoms with E-state index < -0.39 is 5.92 Å². The minimum Gasteiger partial charge on any atom is -0.486 e. The maximum Gasteiger partial charge on any atom is 0.253 e. The maximum atomic E-state index is 12.9. The van der Waals surface area contributed by atoms with Crippen molar-refractivity contribution in [1.82, 2.24) is 5.32 Å². The zero-order valence-corrected chi connectivity index (χ0v) is 16.9. The second kappa shape index (κ2) is 7.94. The summed E-state index contributed by atoms with van der Waals surface area (Å²) in [5, 5.41) is 5.79. The van der Waals surface area contributed by atoms with Crippen molar-refractivity contribution in [3.8, 4) is 11.5 Å². The summed E-state index contributed by atoms with van der Waals surface area (Å²) in [6.07, 6.45) is 2.08. The van der Waals surface area contributed by atoms with E-state index in [-0.39, 0.29) is 36.7 Å². The van der Waals surface area contributed by atoms with E-state index in [4.69, 9.17) is 9.47 Å². The Labute approximate surface area is 179 Å². The number of para-hydroxylation sites is 1. The van der Waals surface area contributed by atoms with E-state index in [1.165, 1.54) is 0 Å². The van der Waals surface area contributed by atoms with Crippen LogP contribution in [-0.2, 0) is 9.59 Å². The van der Waals surface area contributed by atoms with Gasteiger partial charge in [-0.25, -0.2) is 0 Å². The molecule has 1 saturated heterocycles. The lowest BCUT2D eigenvalue weighted by Gasteiger charge is -2.22. The van der Waals surface area contributed by atoms with Gasteiger partial charge in [0, 0.05) is 30.8 Å². The average molecular weight is 421 g/mol. The first-order chi connectivity index (χ1) is 15.1. The molecule has 1 aliphatic carbocycles. The molecule has 0 spiro atoms. The summed E-state index contributed by atoms with van der Waals surface area (Å²) in [5.74, 6) is 0.132. The fraction of sp³-hybridized carbons (Fsp3) is 0.348. The minimum absolute atomic E-state index is 0.108. The van der Waals surface area contributed by atoms with Crippen LogP contribution in [0.2, 0.25) is 0 Å². The molecule has 0 radical (unpaired) electrons. The predicted octanol–water partition coefficient (Wildman–Crippen LogP) is 2.34. The van der Waals surface area contributed by atoms with E-state index in [9.17, 15) is 14.4 Å². The number of hydrogen-bond acceptors (Lipinski definition) is 5. The van der Waals surface area contributed by atoms with Gasteiger partial charge >= 0.3 is 0 Å². The Morgan fingerprint density at radius 2 is 1.77 bits per heavy atom. The van der Waals surface area contributed by atoms with Crippen molar-refractivity contribution in [1.29, 1.82) is 0 Å². The first-order valence-electron chi connectivity index (χ1n) is 10.5. The van der Waals surface area contributed by atoms with Crippen LogP contribution in [-0.4, -0.2) is 43.5 Å². The van der Waals surface area contributed by atoms with Crippen LogP contribution < -0.4 is 25.0 Å². The van der Waals surface area contributed by atoms with Crippen molar-refractivity contribution < 1.29 is 23.9 Å². The Hall–Kier alpha value is -3.55. The lowest BCUT2D eigenvalue weighted by Crippen LogP contribution is -2.30. The number of benzene rings is 2. The van der Waals surface area contributed by atoms with Gasteiger partial charge in [-0.2, -0.15) is 0 Å². The van der Waals surface area contributed by atoms with Gasteiger partial charge in [-0.1, -0.05) is 12.1 Å². The van der Waals surface area contributed by atoms with Crippen LogP contribution in [0.5, 0.6) is 11.5 Å². The Bertz CT molecular complexity index is 1050. The van der Waals surface area contributed by atoms with Crippen LogP contribution in [0.25, 0.3) is 0 Å². The summed E-state index contributed by atoms with van der Waals surface area (Å²) in [4.78, 5) is 39.6. The van der Waals surface area contributed by atoms with E-state index in [1.54, 1.807) is 47.4 Å². The second-order valence-electron chi connectivity index (χ2n) is 8.02. The van der Waals surface area contributed by atoms with Crippen LogP contribution in [0.1, 0.15) is 29.6 Å². The molecule has 2 aromatic rings. The molecule has 1 saturated carbocycles. The second-order valence-corrected chi connectivity index (χ2v) is 8.02. The molecule has 0 unspecified atom stereocenters. The molecule has 8 nitrogen and oxygen atoms in total.